The van der Waals surface area contributed by atoms with E-state index in [0.29, 0.717) is 32.8 Å². The molecule has 96 valence electrons. The van der Waals surface area contributed by atoms with E-state index in [4.69, 9.17) is 10.00 Å². The Labute approximate surface area is 103 Å². The topological polar surface area (TPSA) is 56.6 Å². The minimum Gasteiger partial charge on any atom is -0.378 e. The van der Waals surface area contributed by atoms with Crippen LogP contribution in [-0.4, -0.2) is 61.6 Å². The van der Waals surface area contributed by atoms with Crippen molar-refractivity contribution in [2.45, 2.75) is 19.9 Å². The number of hydrogen-bond donors (Lipinski definition) is 0. The van der Waals surface area contributed by atoms with Crippen LogP contribution in [0.5, 0.6) is 0 Å². The summed E-state index contributed by atoms with van der Waals surface area (Å²) < 4.78 is 5.22. The van der Waals surface area contributed by atoms with Crippen molar-refractivity contribution in [3.8, 4) is 6.07 Å². The van der Waals surface area contributed by atoms with Gasteiger partial charge >= 0.3 is 0 Å². The second kappa shape index (κ2) is 6.58. The monoisotopic (exact) mass is 239 g/mol. The van der Waals surface area contributed by atoms with Gasteiger partial charge in [-0.05, 0) is 20.9 Å². The maximum Gasteiger partial charge on any atom is 0.239 e. The van der Waals surface area contributed by atoms with E-state index in [1.807, 2.05) is 30.7 Å². The van der Waals surface area contributed by atoms with Crippen LogP contribution < -0.4 is 0 Å². The fourth-order valence-corrected chi connectivity index (χ4v) is 1.87. The molecule has 0 bridgehead atoms. The molecule has 5 heteroatoms. The highest BCUT2D eigenvalue weighted by Crippen LogP contribution is 2.07. The van der Waals surface area contributed by atoms with Gasteiger partial charge in [-0.25, -0.2) is 0 Å². The smallest absolute Gasteiger partial charge is 0.239 e. The number of hydrogen-bond acceptors (Lipinski definition) is 4. The van der Waals surface area contributed by atoms with E-state index in [1.165, 1.54) is 0 Å². The molecule has 1 rings (SSSR count). The number of amides is 1. The van der Waals surface area contributed by atoms with Gasteiger partial charge in [0.1, 0.15) is 0 Å². The number of ether oxygens (including phenoxy) is 1. The van der Waals surface area contributed by atoms with Crippen molar-refractivity contribution < 1.29 is 9.53 Å². The molecule has 1 amide bonds. The SMILES string of the molecule is CC(C#N)CN(C)C(C)C(=O)N1CCOCC1. The van der Waals surface area contributed by atoms with Gasteiger partial charge in [-0.2, -0.15) is 5.26 Å². The Bertz CT molecular complexity index is 295. The number of carbonyl (C=O) groups excluding carboxylic acids is 1. The number of morpholine rings is 1. The Morgan fingerprint density at radius 2 is 2.06 bits per heavy atom. The minimum atomic E-state index is -0.177. The van der Waals surface area contributed by atoms with Crippen LogP contribution in [0, 0.1) is 17.2 Å². The van der Waals surface area contributed by atoms with Gasteiger partial charge < -0.3 is 9.64 Å². The summed E-state index contributed by atoms with van der Waals surface area (Å²) in [6, 6.07) is 2.01. The lowest BCUT2D eigenvalue weighted by Gasteiger charge is -2.33. The van der Waals surface area contributed by atoms with E-state index >= 15 is 0 Å². The molecule has 0 spiro atoms. The van der Waals surface area contributed by atoms with Crippen LogP contribution in [0.3, 0.4) is 0 Å². The predicted molar refractivity (Wildman–Crippen MR) is 64.3 cm³/mol. The van der Waals surface area contributed by atoms with Crippen molar-refractivity contribution in [2.24, 2.45) is 5.92 Å². The molecule has 1 saturated heterocycles. The summed E-state index contributed by atoms with van der Waals surface area (Å²) in [6.45, 7) is 6.96. The van der Waals surface area contributed by atoms with Crippen molar-refractivity contribution >= 4 is 5.91 Å². The van der Waals surface area contributed by atoms with Crippen LogP contribution in [0.25, 0.3) is 0 Å². The lowest BCUT2D eigenvalue weighted by atomic mass is 10.1. The van der Waals surface area contributed by atoms with E-state index in [0.717, 1.165) is 0 Å². The first-order valence-corrected chi connectivity index (χ1v) is 6.02. The van der Waals surface area contributed by atoms with E-state index in [1.54, 1.807) is 0 Å². The summed E-state index contributed by atoms with van der Waals surface area (Å²) in [7, 11) is 1.89. The summed E-state index contributed by atoms with van der Waals surface area (Å²) in [4.78, 5) is 15.9. The Hall–Kier alpha value is -1.12. The van der Waals surface area contributed by atoms with Crippen LogP contribution >= 0.6 is 0 Å². The second-order valence-electron chi connectivity index (χ2n) is 4.58. The van der Waals surface area contributed by atoms with Gasteiger partial charge in [0, 0.05) is 19.6 Å². The summed E-state index contributed by atoms with van der Waals surface area (Å²) in [5, 5.41) is 8.76. The Balaban J connectivity index is 2.47. The standard InChI is InChI=1S/C12H21N3O2/c1-10(8-13)9-14(3)11(2)12(16)15-4-6-17-7-5-15/h10-11H,4-7,9H2,1-3H3. The van der Waals surface area contributed by atoms with Crippen LogP contribution in [0.2, 0.25) is 0 Å². The van der Waals surface area contributed by atoms with Gasteiger partial charge in [0.2, 0.25) is 5.91 Å². The highest BCUT2D eigenvalue weighted by atomic mass is 16.5. The quantitative estimate of drug-likeness (QED) is 0.709. The molecule has 1 aliphatic rings. The maximum atomic E-state index is 12.2. The zero-order chi connectivity index (χ0) is 12.8. The third kappa shape index (κ3) is 3.99. The molecule has 17 heavy (non-hydrogen) atoms. The van der Waals surface area contributed by atoms with Crippen molar-refractivity contribution in [3.05, 3.63) is 0 Å². The van der Waals surface area contributed by atoms with Crippen LogP contribution in [-0.2, 0) is 9.53 Å². The van der Waals surface area contributed by atoms with Crippen molar-refractivity contribution in [3.63, 3.8) is 0 Å². The van der Waals surface area contributed by atoms with E-state index < -0.39 is 0 Å². The first kappa shape index (κ1) is 13.9. The molecule has 0 saturated carbocycles. The third-order valence-corrected chi connectivity index (χ3v) is 3.12. The molecule has 2 unspecified atom stereocenters. The van der Waals surface area contributed by atoms with Gasteiger partial charge in [-0.15, -0.1) is 0 Å². The highest BCUT2D eigenvalue weighted by molar-refractivity contribution is 5.81. The number of rotatable bonds is 4. The molecule has 0 N–H and O–H groups in total. The fourth-order valence-electron chi connectivity index (χ4n) is 1.87. The minimum absolute atomic E-state index is 0.0556. The molecule has 1 heterocycles. The molecular formula is C12H21N3O2. The molecule has 0 radical (unpaired) electrons. The maximum absolute atomic E-state index is 12.2. The first-order chi connectivity index (χ1) is 8.06. The molecule has 1 fully saturated rings. The van der Waals surface area contributed by atoms with Gasteiger partial charge in [-0.3, -0.25) is 9.69 Å². The average Bonchev–Trinajstić information content (AvgIpc) is 2.37. The number of nitrogens with zero attached hydrogens (tertiary/aromatic N) is 3. The van der Waals surface area contributed by atoms with Gasteiger partial charge in [-0.1, -0.05) is 0 Å². The number of likely N-dealkylation sites (N-methyl/N-ethyl adjacent to an activating group) is 1. The average molecular weight is 239 g/mol. The predicted octanol–water partition coefficient (Wildman–Crippen LogP) is 0.325. The molecule has 1 aliphatic heterocycles. The van der Waals surface area contributed by atoms with Gasteiger partial charge in [0.25, 0.3) is 0 Å². The van der Waals surface area contributed by atoms with E-state index in [-0.39, 0.29) is 17.9 Å². The fraction of sp³-hybridized carbons (Fsp3) is 0.833. The molecule has 2 atom stereocenters. The summed E-state index contributed by atoms with van der Waals surface area (Å²) in [6.07, 6.45) is 0. The molecule has 0 aromatic rings. The molecule has 0 aliphatic carbocycles. The largest absolute Gasteiger partial charge is 0.378 e. The summed E-state index contributed by atoms with van der Waals surface area (Å²) >= 11 is 0. The zero-order valence-corrected chi connectivity index (χ0v) is 10.8. The van der Waals surface area contributed by atoms with Crippen LogP contribution in [0.1, 0.15) is 13.8 Å². The summed E-state index contributed by atoms with van der Waals surface area (Å²) in [5.41, 5.74) is 0. The third-order valence-electron chi connectivity index (χ3n) is 3.12. The first-order valence-electron chi connectivity index (χ1n) is 6.02. The number of carbonyl (C=O) groups is 1. The summed E-state index contributed by atoms with van der Waals surface area (Å²) in [5.74, 6) is 0.0703. The van der Waals surface area contributed by atoms with E-state index in [2.05, 4.69) is 6.07 Å². The van der Waals surface area contributed by atoms with Gasteiger partial charge in [0.05, 0.1) is 31.2 Å². The molecule has 0 aromatic carbocycles. The normalized spacial score (nSPS) is 19.8. The Morgan fingerprint density at radius 3 is 2.59 bits per heavy atom. The van der Waals surface area contributed by atoms with Gasteiger partial charge in [0.15, 0.2) is 0 Å². The molecular weight excluding hydrogens is 218 g/mol. The molecule has 5 nitrogen and oxygen atoms in total. The van der Waals surface area contributed by atoms with E-state index in [9.17, 15) is 4.79 Å². The second-order valence-corrected chi connectivity index (χ2v) is 4.58. The molecule has 0 aromatic heterocycles. The van der Waals surface area contributed by atoms with Crippen molar-refractivity contribution in [1.82, 2.24) is 9.80 Å². The zero-order valence-electron chi connectivity index (χ0n) is 10.8. The van der Waals surface area contributed by atoms with Crippen molar-refractivity contribution in [2.75, 3.05) is 39.9 Å². The van der Waals surface area contributed by atoms with Crippen molar-refractivity contribution in [1.29, 1.82) is 5.26 Å². The lowest BCUT2D eigenvalue weighted by molar-refractivity contribution is -0.140. The highest BCUT2D eigenvalue weighted by Gasteiger charge is 2.25. The Kier molecular flexibility index (Phi) is 5.39. The Morgan fingerprint density at radius 1 is 1.47 bits per heavy atom. The number of nitriles is 1. The van der Waals surface area contributed by atoms with Crippen LogP contribution in [0.4, 0.5) is 0 Å². The van der Waals surface area contributed by atoms with Crippen LogP contribution in [0.15, 0.2) is 0 Å². The lowest BCUT2D eigenvalue weighted by Crippen LogP contribution is -2.50.